The summed E-state index contributed by atoms with van der Waals surface area (Å²) in [5, 5.41) is 2.87. The molecule has 8 heteroatoms. The Kier molecular flexibility index (Phi) is 5.58. The lowest BCUT2D eigenvalue weighted by Gasteiger charge is -2.16. The van der Waals surface area contributed by atoms with Crippen molar-refractivity contribution in [2.24, 2.45) is 0 Å². The average molecular weight is 391 g/mol. The number of aryl methyl sites for hydroxylation is 1. The normalized spacial score (nSPS) is 12.8. The Bertz CT molecular complexity index is 965. The first-order valence-corrected chi connectivity index (χ1v) is 8.86. The highest BCUT2D eigenvalue weighted by Crippen LogP contribution is 2.24. The van der Waals surface area contributed by atoms with E-state index in [9.17, 15) is 18.0 Å². The van der Waals surface area contributed by atoms with Gasteiger partial charge < -0.3 is 14.6 Å². The average Bonchev–Trinajstić information content (AvgIpc) is 2.98. The van der Waals surface area contributed by atoms with Gasteiger partial charge in [0.1, 0.15) is 18.1 Å². The lowest BCUT2D eigenvalue weighted by molar-refractivity contribution is -0.274. The summed E-state index contributed by atoms with van der Waals surface area (Å²) < 4.78 is 42.4. The Balaban J connectivity index is 1.68. The highest BCUT2D eigenvalue weighted by atomic mass is 19.4. The molecule has 0 bridgehead atoms. The summed E-state index contributed by atoms with van der Waals surface area (Å²) in [4.78, 5) is 17.1. The summed E-state index contributed by atoms with van der Waals surface area (Å²) in [6, 6.07) is 12.7. The number of halogens is 3. The molecule has 0 saturated carbocycles. The molecule has 28 heavy (non-hydrogen) atoms. The molecule has 0 saturated heterocycles. The summed E-state index contributed by atoms with van der Waals surface area (Å²) in [7, 11) is 0. The summed E-state index contributed by atoms with van der Waals surface area (Å²) in [5.41, 5.74) is 2.39. The second kappa shape index (κ2) is 7.92. The van der Waals surface area contributed by atoms with E-state index in [0.717, 1.165) is 16.9 Å². The number of hydrogen-bond donors (Lipinski definition) is 1. The van der Waals surface area contributed by atoms with E-state index in [1.807, 2.05) is 35.8 Å². The van der Waals surface area contributed by atoms with Crippen molar-refractivity contribution in [3.05, 3.63) is 59.9 Å². The molecule has 0 aliphatic rings. The van der Waals surface area contributed by atoms with Gasteiger partial charge >= 0.3 is 6.36 Å². The molecule has 0 aliphatic heterocycles. The molecule has 0 radical (unpaired) electrons. The molecule has 5 nitrogen and oxygen atoms in total. The molecule has 3 rings (SSSR count). The molecule has 0 aliphatic carbocycles. The number of amides is 1. The number of carbonyl (C=O) groups excluding carboxylic acids is 1. The molecule has 1 amide bonds. The minimum atomic E-state index is -4.73. The van der Waals surface area contributed by atoms with Gasteiger partial charge in [-0.1, -0.05) is 31.2 Å². The molecular formula is C20H20F3N3O2. The van der Waals surface area contributed by atoms with Gasteiger partial charge in [0, 0.05) is 6.42 Å². The molecule has 1 aromatic heterocycles. The monoisotopic (exact) mass is 391 g/mol. The molecule has 1 N–H and O–H groups in total. The van der Waals surface area contributed by atoms with Crippen LogP contribution in [0.4, 0.5) is 13.2 Å². The molecule has 1 heterocycles. The number of fused-ring (bicyclic) bond motifs is 1. The lowest BCUT2D eigenvalue weighted by atomic mass is 10.1. The van der Waals surface area contributed by atoms with E-state index < -0.39 is 6.36 Å². The molecule has 1 atom stereocenters. The van der Waals surface area contributed by atoms with E-state index in [1.54, 1.807) is 6.92 Å². The van der Waals surface area contributed by atoms with Crippen molar-refractivity contribution in [1.82, 2.24) is 14.9 Å². The predicted octanol–water partition coefficient (Wildman–Crippen LogP) is 4.37. The van der Waals surface area contributed by atoms with Gasteiger partial charge in [-0.3, -0.25) is 4.79 Å². The number of benzene rings is 2. The fourth-order valence-electron chi connectivity index (χ4n) is 3.04. The number of nitrogens with one attached hydrogen (secondary N) is 1. The SMILES string of the molecule is CCc1nc2ccccc2n1CC(=O)NC(C)c1ccc(OC(F)(F)F)cc1. The molecule has 2 aromatic carbocycles. The van der Waals surface area contributed by atoms with Gasteiger partial charge in [-0.15, -0.1) is 13.2 Å². The second-order valence-corrected chi connectivity index (χ2v) is 6.36. The smallest absolute Gasteiger partial charge is 0.406 e. The number of ether oxygens (including phenoxy) is 1. The van der Waals surface area contributed by atoms with Crippen molar-refractivity contribution >= 4 is 16.9 Å². The van der Waals surface area contributed by atoms with Gasteiger partial charge in [-0.2, -0.15) is 0 Å². The van der Waals surface area contributed by atoms with Crippen LogP contribution in [0.1, 0.15) is 31.3 Å². The van der Waals surface area contributed by atoms with Crippen molar-refractivity contribution in [3.63, 3.8) is 0 Å². The first-order valence-electron chi connectivity index (χ1n) is 8.86. The van der Waals surface area contributed by atoms with Gasteiger partial charge in [0.05, 0.1) is 17.1 Å². The van der Waals surface area contributed by atoms with Crippen LogP contribution >= 0.6 is 0 Å². The molecule has 3 aromatic rings. The van der Waals surface area contributed by atoms with Crippen LogP contribution < -0.4 is 10.1 Å². The maximum absolute atomic E-state index is 12.5. The fourth-order valence-corrected chi connectivity index (χ4v) is 3.04. The van der Waals surface area contributed by atoms with E-state index in [1.165, 1.54) is 24.3 Å². The quantitative estimate of drug-likeness (QED) is 0.679. The van der Waals surface area contributed by atoms with Crippen molar-refractivity contribution in [3.8, 4) is 5.75 Å². The first-order chi connectivity index (χ1) is 13.3. The van der Waals surface area contributed by atoms with Crippen LogP contribution in [0.15, 0.2) is 48.5 Å². The first kappa shape index (κ1) is 19.7. The highest BCUT2D eigenvalue weighted by Gasteiger charge is 2.31. The standard InChI is InChI=1S/C20H20F3N3O2/c1-3-18-25-16-6-4-5-7-17(16)26(18)12-19(27)24-13(2)14-8-10-15(11-9-14)28-20(21,22)23/h4-11,13H,3,12H2,1-2H3,(H,24,27). The summed E-state index contributed by atoms with van der Waals surface area (Å²) in [6.45, 7) is 3.86. The largest absolute Gasteiger partial charge is 0.573 e. The zero-order valence-electron chi connectivity index (χ0n) is 15.5. The van der Waals surface area contributed by atoms with Crippen molar-refractivity contribution in [2.75, 3.05) is 0 Å². The number of para-hydroxylation sites is 2. The van der Waals surface area contributed by atoms with Crippen molar-refractivity contribution < 1.29 is 22.7 Å². The Labute approximate surface area is 160 Å². The predicted molar refractivity (Wildman–Crippen MR) is 98.8 cm³/mol. The number of imidazole rings is 1. The zero-order chi connectivity index (χ0) is 20.3. The van der Waals surface area contributed by atoms with Crippen molar-refractivity contribution in [1.29, 1.82) is 0 Å². The van der Waals surface area contributed by atoms with Gasteiger partial charge in [0.2, 0.25) is 5.91 Å². The second-order valence-electron chi connectivity index (χ2n) is 6.36. The highest BCUT2D eigenvalue weighted by molar-refractivity contribution is 5.81. The van der Waals surface area contributed by atoms with Crippen LogP contribution in [0.3, 0.4) is 0 Å². The topological polar surface area (TPSA) is 56.2 Å². The number of aromatic nitrogens is 2. The van der Waals surface area contributed by atoms with Crippen LogP contribution in [-0.4, -0.2) is 21.8 Å². The minimum absolute atomic E-state index is 0.114. The minimum Gasteiger partial charge on any atom is -0.406 e. The molecule has 0 spiro atoms. The van der Waals surface area contributed by atoms with Crippen LogP contribution in [0, 0.1) is 0 Å². The maximum atomic E-state index is 12.5. The third-order valence-electron chi connectivity index (χ3n) is 4.34. The van der Waals surface area contributed by atoms with Crippen molar-refractivity contribution in [2.45, 2.75) is 39.2 Å². The number of hydrogen-bond acceptors (Lipinski definition) is 3. The third kappa shape index (κ3) is 4.62. The van der Waals surface area contributed by atoms with Crippen LogP contribution in [0.25, 0.3) is 11.0 Å². The zero-order valence-corrected chi connectivity index (χ0v) is 15.5. The van der Waals surface area contributed by atoms with E-state index in [0.29, 0.717) is 12.0 Å². The Morgan fingerprint density at radius 2 is 1.86 bits per heavy atom. The van der Waals surface area contributed by atoms with E-state index in [2.05, 4.69) is 15.0 Å². The molecule has 0 fully saturated rings. The summed E-state index contributed by atoms with van der Waals surface area (Å²) in [5.74, 6) is 0.311. The molecule has 148 valence electrons. The van der Waals surface area contributed by atoms with Gasteiger partial charge in [-0.05, 0) is 36.8 Å². The summed E-state index contributed by atoms with van der Waals surface area (Å²) in [6.07, 6.45) is -4.04. The number of rotatable bonds is 6. The summed E-state index contributed by atoms with van der Waals surface area (Å²) >= 11 is 0. The van der Waals surface area contributed by atoms with Gasteiger partial charge in [0.15, 0.2) is 0 Å². The molecule has 1 unspecified atom stereocenters. The Hall–Kier alpha value is -3.03. The fraction of sp³-hybridized carbons (Fsp3) is 0.300. The van der Waals surface area contributed by atoms with Crippen LogP contribution in [0.2, 0.25) is 0 Å². The molecular weight excluding hydrogens is 371 g/mol. The van der Waals surface area contributed by atoms with Gasteiger partial charge in [0.25, 0.3) is 0 Å². The van der Waals surface area contributed by atoms with Crippen LogP contribution in [-0.2, 0) is 17.8 Å². The van der Waals surface area contributed by atoms with E-state index in [4.69, 9.17) is 0 Å². The lowest BCUT2D eigenvalue weighted by Crippen LogP contribution is -2.30. The van der Waals surface area contributed by atoms with Gasteiger partial charge in [-0.25, -0.2) is 4.98 Å². The number of alkyl halides is 3. The maximum Gasteiger partial charge on any atom is 0.573 e. The van der Waals surface area contributed by atoms with Crippen LogP contribution in [0.5, 0.6) is 5.75 Å². The number of carbonyl (C=O) groups is 1. The van der Waals surface area contributed by atoms with E-state index >= 15 is 0 Å². The van der Waals surface area contributed by atoms with E-state index in [-0.39, 0.29) is 24.2 Å². The Morgan fingerprint density at radius 3 is 2.50 bits per heavy atom. The third-order valence-corrected chi connectivity index (χ3v) is 4.34. The number of nitrogens with zero attached hydrogens (tertiary/aromatic N) is 2. The Morgan fingerprint density at radius 1 is 1.18 bits per heavy atom.